The van der Waals surface area contributed by atoms with E-state index in [4.69, 9.17) is 0 Å². The summed E-state index contributed by atoms with van der Waals surface area (Å²) in [5.41, 5.74) is 2.37. The maximum absolute atomic E-state index is 4.34. The molecule has 0 atom stereocenters. The zero-order chi connectivity index (χ0) is 9.10. The maximum atomic E-state index is 4.34. The number of hydrogen-bond acceptors (Lipinski definition) is 3. The summed E-state index contributed by atoms with van der Waals surface area (Å²) in [7, 11) is 0. The molecule has 0 radical (unpaired) electrons. The first kappa shape index (κ1) is 9.03. The molecule has 2 heterocycles. The Labute approximate surface area is 83.1 Å². The molecule has 1 fully saturated rings. The molecule has 70 valence electrons. The van der Waals surface area contributed by atoms with Crippen molar-refractivity contribution in [1.82, 2.24) is 10.3 Å². The summed E-state index contributed by atoms with van der Waals surface area (Å²) in [6.07, 6.45) is 1.92. The first-order valence-corrected chi connectivity index (χ1v) is 5.73. The van der Waals surface area contributed by atoms with Crippen molar-refractivity contribution < 1.29 is 0 Å². The van der Waals surface area contributed by atoms with Gasteiger partial charge in [-0.05, 0) is 18.6 Å². The van der Waals surface area contributed by atoms with Crippen molar-refractivity contribution in [3.8, 4) is 0 Å². The molecule has 0 aliphatic carbocycles. The lowest BCUT2D eigenvalue weighted by atomic mass is 10.2. The molecule has 0 spiro atoms. The van der Waals surface area contributed by atoms with Crippen LogP contribution in [-0.2, 0) is 6.54 Å². The van der Waals surface area contributed by atoms with Crippen LogP contribution < -0.4 is 5.32 Å². The van der Waals surface area contributed by atoms with E-state index in [-0.39, 0.29) is 0 Å². The molecule has 0 aromatic carbocycles. The van der Waals surface area contributed by atoms with Crippen molar-refractivity contribution in [3.05, 3.63) is 29.6 Å². The number of rotatable bonds is 3. The third-order valence-electron chi connectivity index (χ3n) is 2.18. The molecule has 1 aliphatic heterocycles. The third-order valence-corrected chi connectivity index (χ3v) is 3.46. The fourth-order valence-corrected chi connectivity index (χ4v) is 1.91. The minimum Gasteiger partial charge on any atom is -0.307 e. The van der Waals surface area contributed by atoms with Crippen LogP contribution in [0.4, 0.5) is 0 Å². The molecule has 0 amide bonds. The van der Waals surface area contributed by atoms with Gasteiger partial charge >= 0.3 is 0 Å². The Morgan fingerprint density at radius 1 is 1.54 bits per heavy atom. The average Bonchev–Trinajstić information content (AvgIpc) is 2.05. The van der Waals surface area contributed by atoms with E-state index < -0.39 is 0 Å². The van der Waals surface area contributed by atoms with Crippen LogP contribution in [0.25, 0.3) is 0 Å². The highest BCUT2D eigenvalue weighted by Gasteiger charge is 2.16. The largest absolute Gasteiger partial charge is 0.307 e. The monoisotopic (exact) mass is 194 g/mol. The minimum atomic E-state index is 0.716. The summed E-state index contributed by atoms with van der Waals surface area (Å²) in [5, 5.41) is 3.47. The first-order chi connectivity index (χ1) is 6.34. The molecule has 1 aromatic rings. The van der Waals surface area contributed by atoms with E-state index in [2.05, 4.69) is 29.4 Å². The summed E-state index contributed by atoms with van der Waals surface area (Å²) in [6, 6.07) is 4.92. The lowest BCUT2D eigenvalue weighted by molar-refractivity contribution is 0.576. The molecule has 1 saturated heterocycles. The second kappa shape index (κ2) is 4.11. The highest BCUT2D eigenvalue weighted by molar-refractivity contribution is 8.00. The summed E-state index contributed by atoms with van der Waals surface area (Å²) >= 11 is 2.00. The standard InChI is InChI=1S/C10H14N2S/c1-8-2-3-9(11-4-8)5-12-10-6-13-7-10/h2-4,10,12H,5-7H2,1H3. The summed E-state index contributed by atoms with van der Waals surface area (Å²) < 4.78 is 0. The van der Waals surface area contributed by atoms with Crippen molar-refractivity contribution in [3.63, 3.8) is 0 Å². The Morgan fingerprint density at radius 3 is 2.92 bits per heavy atom. The van der Waals surface area contributed by atoms with E-state index in [1.54, 1.807) is 0 Å². The van der Waals surface area contributed by atoms with Crippen LogP contribution in [0.15, 0.2) is 18.3 Å². The van der Waals surface area contributed by atoms with Gasteiger partial charge in [0.1, 0.15) is 0 Å². The van der Waals surface area contributed by atoms with Gasteiger partial charge in [0.25, 0.3) is 0 Å². The Kier molecular flexibility index (Phi) is 2.86. The number of aryl methyl sites for hydroxylation is 1. The Hall–Kier alpha value is -0.540. The highest BCUT2D eigenvalue weighted by atomic mass is 32.2. The lowest BCUT2D eigenvalue weighted by Gasteiger charge is -2.25. The van der Waals surface area contributed by atoms with Gasteiger partial charge in [-0.1, -0.05) is 6.07 Å². The van der Waals surface area contributed by atoms with Gasteiger partial charge < -0.3 is 5.32 Å². The second-order valence-electron chi connectivity index (χ2n) is 3.44. The van der Waals surface area contributed by atoms with E-state index in [0.29, 0.717) is 6.04 Å². The highest BCUT2D eigenvalue weighted by Crippen LogP contribution is 2.17. The number of hydrogen-bond donors (Lipinski definition) is 1. The van der Waals surface area contributed by atoms with Crippen LogP contribution in [-0.4, -0.2) is 22.5 Å². The van der Waals surface area contributed by atoms with Crippen molar-refractivity contribution >= 4 is 11.8 Å². The van der Waals surface area contributed by atoms with Gasteiger partial charge in [-0.3, -0.25) is 4.98 Å². The number of pyridine rings is 1. The topological polar surface area (TPSA) is 24.9 Å². The molecule has 0 saturated carbocycles. The van der Waals surface area contributed by atoms with Gasteiger partial charge in [0.05, 0.1) is 5.69 Å². The second-order valence-corrected chi connectivity index (χ2v) is 4.52. The van der Waals surface area contributed by atoms with Gasteiger partial charge in [-0.25, -0.2) is 0 Å². The van der Waals surface area contributed by atoms with Gasteiger partial charge in [0.2, 0.25) is 0 Å². The number of nitrogens with zero attached hydrogens (tertiary/aromatic N) is 1. The maximum Gasteiger partial charge on any atom is 0.0541 e. The molecule has 1 aliphatic rings. The fraction of sp³-hybridized carbons (Fsp3) is 0.500. The Bertz CT molecular complexity index is 267. The molecule has 0 bridgehead atoms. The number of nitrogens with one attached hydrogen (secondary N) is 1. The first-order valence-electron chi connectivity index (χ1n) is 4.57. The van der Waals surface area contributed by atoms with Gasteiger partial charge in [-0.2, -0.15) is 11.8 Å². The summed E-state index contributed by atoms with van der Waals surface area (Å²) in [6.45, 7) is 2.97. The van der Waals surface area contributed by atoms with E-state index in [9.17, 15) is 0 Å². The van der Waals surface area contributed by atoms with Gasteiger partial charge in [-0.15, -0.1) is 0 Å². The van der Waals surface area contributed by atoms with Crippen molar-refractivity contribution in [2.45, 2.75) is 19.5 Å². The van der Waals surface area contributed by atoms with Gasteiger partial charge in [0.15, 0.2) is 0 Å². The van der Waals surface area contributed by atoms with E-state index >= 15 is 0 Å². The van der Waals surface area contributed by atoms with Crippen LogP contribution in [0.3, 0.4) is 0 Å². The van der Waals surface area contributed by atoms with Crippen LogP contribution in [0.2, 0.25) is 0 Å². The van der Waals surface area contributed by atoms with Crippen molar-refractivity contribution in [1.29, 1.82) is 0 Å². The number of aromatic nitrogens is 1. The zero-order valence-electron chi connectivity index (χ0n) is 7.79. The molecular weight excluding hydrogens is 180 g/mol. The summed E-state index contributed by atoms with van der Waals surface area (Å²) in [5.74, 6) is 2.51. The summed E-state index contributed by atoms with van der Waals surface area (Å²) in [4.78, 5) is 4.34. The Balaban J connectivity index is 1.83. The van der Waals surface area contributed by atoms with Crippen LogP contribution in [0.5, 0.6) is 0 Å². The average molecular weight is 194 g/mol. The van der Waals surface area contributed by atoms with Crippen molar-refractivity contribution in [2.24, 2.45) is 0 Å². The zero-order valence-corrected chi connectivity index (χ0v) is 8.60. The molecule has 13 heavy (non-hydrogen) atoms. The molecule has 2 nitrogen and oxygen atoms in total. The fourth-order valence-electron chi connectivity index (χ4n) is 1.21. The van der Waals surface area contributed by atoms with Gasteiger partial charge in [0, 0.05) is 30.3 Å². The van der Waals surface area contributed by atoms with E-state index in [1.807, 2.05) is 18.0 Å². The van der Waals surface area contributed by atoms with E-state index in [0.717, 1.165) is 12.2 Å². The molecular formula is C10H14N2S. The molecule has 2 rings (SSSR count). The normalized spacial score (nSPS) is 17.0. The van der Waals surface area contributed by atoms with Crippen molar-refractivity contribution in [2.75, 3.05) is 11.5 Å². The van der Waals surface area contributed by atoms with Crippen LogP contribution in [0, 0.1) is 6.92 Å². The third kappa shape index (κ3) is 2.45. The lowest BCUT2D eigenvalue weighted by Crippen LogP contribution is -2.39. The van der Waals surface area contributed by atoms with E-state index in [1.165, 1.54) is 17.1 Å². The molecule has 0 unspecified atom stereocenters. The SMILES string of the molecule is Cc1ccc(CNC2CSC2)nc1. The molecule has 3 heteroatoms. The van der Waals surface area contributed by atoms with Crippen LogP contribution in [0.1, 0.15) is 11.3 Å². The number of thioether (sulfide) groups is 1. The quantitative estimate of drug-likeness (QED) is 0.791. The predicted octanol–water partition coefficient (Wildman–Crippen LogP) is 1.60. The van der Waals surface area contributed by atoms with Crippen LogP contribution >= 0.6 is 11.8 Å². The molecule has 1 N–H and O–H groups in total. The molecule has 1 aromatic heterocycles. The minimum absolute atomic E-state index is 0.716. The predicted molar refractivity (Wildman–Crippen MR) is 56.9 cm³/mol. The Morgan fingerprint density at radius 2 is 2.38 bits per heavy atom. The smallest absolute Gasteiger partial charge is 0.0541 e.